The van der Waals surface area contributed by atoms with Crippen LogP contribution in [0.15, 0.2) is 23.1 Å². The van der Waals surface area contributed by atoms with Crippen molar-refractivity contribution in [3.05, 3.63) is 33.9 Å². The molecule has 0 amide bonds. The van der Waals surface area contributed by atoms with Gasteiger partial charge in [0, 0.05) is 6.07 Å². The fraction of sp³-hybridized carbons (Fsp3) is 0.222. The standard InChI is InChI=1S/C9H9NO7S/c1-5(11)18(16,17)8-4-6(9(12)13)2-3-7(8)10(14)15/h2-5,11H,1H3,(H,12,13). The normalized spacial score (nSPS) is 13.0. The van der Waals surface area contributed by atoms with Crippen molar-refractivity contribution in [3.63, 3.8) is 0 Å². The minimum atomic E-state index is -4.36. The van der Waals surface area contributed by atoms with Crippen LogP contribution in [0.4, 0.5) is 5.69 Å². The Hall–Kier alpha value is -2.00. The van der Waals surface area contributed by atoms with Crippen LogP contribution in [0.3, 0.4) is 0 Å². The summed E-state index contributed by atoms with van der Waals surface area (Å²) in [5, 5.41) is 28.5. The molecule has 8 nitrogen and oxygen atoms in total. The predicted molar refractivity (Wildman–Crippen MR) is 58.9 cm³/mol. The molecule has 0 aliphatic rings. The van der Waals surface area contributed by atoms with Crippen molar-refractivity contribution >= 4 is 21.5 Å². The summed E-state index contributed by atoms with van der Waals surface area (Å²) in [4.78, 5) is 19.6. The van der Waals surface area contributed by atoms with Gasteiger partial charge in [-0.2, -0.15) is 0 Å². The van der Waals surface area contributed by atoms with Crippen molar-refractivity contribution in [2.75, 3.05) is 0 Å². The second-order valence-corrected chi connectivity index (χ2v) is 5.60. The Kier molecular flexibility index (Phi) is 3.67. The molecule has 1 unspecified atom stereocenters. The summed E-state index contributed by atoms with van der Waals surface area (Å²) < 4.78 is 23.4. The first kappa shape index (κ1) is 14.1. The van der Waals surface area contributed by atoms with Crippen LogP contribution in [-0.2, 0) is 9.84 Å². The molecular formula is C9H9NO7S. The molecule has 0 saturated heterocycles. The number of benzene rings is 1. The van der Waals surface area contributed by atoms with Gasteiger partial charge in [0.05, 0.1) is 10.5 Å². The van der Waals surface area contributed by atoms with Crippen LogP contribution in [0.5, 0.6) is 0 Å². The zero-order valence-electron chi connectivity index (χ0n) is 9.10. The smallest absolute Gasteiger partial charge is 0.335 e. The third-order valence-corrected chi connectivity index (χ3v) is 4.00. The van der Waals surface area contributed by atoms with Gasteiger partial charge in [-0.25, -0.2) is 13.2 Å². The lowest BCUT2D eigenvalue weighted by molar-refractivity contribution is -0.387. The van der Waals surface area contributed by atoms with E-state index in [1.807, 2.05) is 0 Å². The number of sulfone groups is 1. The van der Waals surface area contributed by atoms with E-state index in [1.54, 1.807) is 0 Å². The van der Waals surface area contributed by atoms with Crippen LogP contribution in [0.2, 0.25) is 0 Å². The second kappa shape index (κ2) is 4.70. The first-order chi connectivity index (χ1) is 8.17. The SMILES string of the molecule is CC(O)S(=O)(=O)c1cc(C(=O)O)ccc1[N+](=O)[O-]. The fourth-order valence-corrected chi connectivity index (χ4v) is 2.30. The predicted octanol–water partition coefficient (Wildman–Crippen LogP) is 0.405. The average Bonchev–Trinajstić information content (AvgIpc) is 2.27. The summed E-state index contributed by atoms with van der Waals surface area (Å²) in [7, 11) is -4.36. The van der Waals surface area contributed by atoms with Crippen LogP contribution in [0, 0.1) is 10.1 Å². The molecular weight excluding hydrogens is 266 g/mol. The Labute approximate surface area is 102 Å². The number of aromatic carboxylic acids is 1. The van der Waals surface area contributed by atoms with E-state index in [0.717, 1.165) is 19.1 Å². The largest absolute Gasteiger partial charge is 0.478 e. The lowest BCUT2D eigenvalue weighted by Crippen LogP contribution is -2.19. The Morgan fingerprint density at radius 2 is 2.00 bits per heavy atom. The summed E-state index contributed by atoms with van der Waals surface area (Å²) in [5.74, 6) is -1.42. The van der Waals surface area contributed by atoms with Crippen LogP contribution in [-0.4, -0.2) is 35.0 Å². The highest BCUT2D eigenvalue weighted by atomic mass is 32.2. The molecule has 1 aromatic carbocycles. The number of nitrogens with zero attached hydrogens (tertiary/aromatic N) is 1. The van der Waals surface area contributed by atoms with E-state index in [-0.39, 0.29) is 0 Å². The van der Waals surface area contributed by atoms with Gasteiger partial charge >= 0.3 is 5.97 Å². The summed E-state index contributed by atoms with van der Waals surface area (Å²) in [6.45, 7) is 0.923. The highest BCUT2D eigenvalue weighted by Gasteiger charge is 2.30. The van der Waals surface area contributed by atoms with Gasteiger partial charge in [-0.3, -0.25) is 10.1 Å². The van der Waals surface area contributed by atoms with E-state index in [1.165, 1.54) is 0 Å². The molecule has 0 aliphatic heterocycles. The summed E-state index contributed by atoms with van der Waals surface area (Å²) in [6, 6.07) is 2.35. The van der Waals surface area contributed by atoms with E-state index in [4.69, 9.17) is 10.2 Å². The number of nitro groups is 1. The molecule has 98 valence electrons. The van der Waals surface area contributed by atoms with Gasteiger partial charge in [0.15, 0.2) is 5.44 Å². The van der Waals surface area contributed by atoms with Gasteiger partial charge in [-0.05, 0) is 19.1 Å². The number of rotatable bonds is 4. The van der Waals surface area contributed by atoms with Crippen molar-refractivity contribution in [1.82, 2.24) is 0 Å². The third kappa shape index (κ3) is 2.46. The summed E-state index contributed by atoms with van der Waals surface area (Å²) >= 11 is 0. The molecule has 0 heterocycles. The Morgan fingerprint density at radius 3 is 2.39 bits per heavy atom. The van der Waals surface area contributed by atoms with Crippen molar-refractivity contribution in [1.29, 1.82) is 0 Å². The van der Waals surface area contributed by atoms with Gasteiger partial charge in [0.25, 0.3) is 5.69 Å². The van der Waals surface area contributed by atoms with E-state index in [2.05, 4.69) is 0 Å². The fourth-order valence-electron chi connectivity index (χ4n) is 1.21. The van der Waals surface area contributed by atoms with Gasteiger partial charge in [0.2, 0.25) is 9.84 Å². The summed E-state index contributed by atoms with van der Waals surface area (Å²) in [5.41, 5.74) is -3.07. The minimum absolute atomic E-state index is 0.417. The number of aliphatic hydroxyl groups is 1. The second-order valence-electron chi connectivity index (χ2n) is 3.39. The molecule has 2 N–H and O–H groups in total. The Morgan fingerprint density at radius 1 is 1.44 bits per heavy atom. The number of carbonyl (C=O) groups is 1. The zero-order valence-corrected chi connectivity index (χ0v) is 9.92. The molecule has 0 aromatic heterocycles. The van der Waals surface area contributed by atoms with E-state index < -0.39 is 42.3 Å². The molecule has 1 rings (SSSR count). The highest BCUT2D eigenvalue weighted by molar-refractivity contribution is 7.92. The molecule has 0 fully saturated rings. The van der Waals surface area contributed by atoms with E-state index in [9.17, 15) is 23.3 Å². The molecule has 0 saturated carbocycles. The number of carboxylic acids is 1. The lowest BCUT2D eigenvalue weighted by atomic mass is 10.2. The monoisotopic (exact) mass is 275 g/mol. The molecule has 1 atom stereocenters. The minimum Gasteiger partial charge on any atom is -0.478 e. The molecule has 0 aliphatic carbocycles. The summed E-state index contributed by atoms with van der Waals surface area (Å²) in [6.07, 6.45) is 0. The Bertz CT molecular complexity index is 605. The van der Waals surface area contributed by atoms with Crippen molar-refractivity contribution in [2.45, 2.75) is 17.3 Å². The van der Waals surface area contributed by atoms with Gasteiger partial charge in [-0.1, -0.05) is 0 Å². The number of hydrogen-bond donors (Lipinski definition) is 2. The molecule has 1 aromatic rings. The van der Waals surface area contributed by atoms with Gasteiger partial charge in [-0.15, -0.1) is 0 Å². The first-order valence-corrected chi connectivity index (χ1v) is 6.16. The van der Waals surface area contributed by atoms with Gasteiger partial charge < -0.3 is 10.2 Å². The molecule has 18 heavy (non-hydrogen) atoms. The third-order valence-electron chi connectivity index (χ3n) is 2.16. The molecule has 0 spiro atoms. The Balaban J connectivity index is 3.62. The molecule has 9 heteroatoms. The van der Waals surface area contributed by atoms with Crippen molar-refractivity contribution in [2.24, 2.45) is 0 Å². The topological polar surface area (TPSA) is 135 Å². The maximum Gasteiger partial charge on any atom is 0.335 e. The van der Waals surface area contributed by atoms with Gasteiger partial charge in [0.1, 0.15) is 4.90 Å². The van der Waals surface area contributed by atoms with Crippen molar-refractivity contribution in [3.8, 4) is 0 Å². The molecule has 0 radical (unpaired) electrons. The van der Waals surface area contributed by atoms with Crippen LogP contribution in [0.1, 0.15) is 17.3 Å². The van der Waals surface area contributed by atoms with Crippen LogP contribution < -0.4 is 0 Å². The number of aliphatic hydroxyl groups excluding tert-OH is 1. The van der Waals surface area contributed by atoms with E-state index in [0.29, 0.717) is 6.07 Å². The van der Waals surface area contributed by atoms with Crippen LogP contribution in [0.25, 0.3) is 0 Å². The number of carboxylic acid groups (broad SMARTS) is 1. The van der Waals surface area contributed by atoms with E-state index >= 15 is 0 Å². The highest BCUT2D eigenvalue weighted by Crippen LogP contribution is 2.27. The molecule has 0 bridgehead atoms. The maximum atomic E-state index is 11.7. The van der Waals surface area contributed by atoms with Crippen LogP contribution >= 0.6 is 0 Å². The number of nitro benzene ring substituents is 1. The average molecular weight is 275 g/mol. The first-order valence-electron chi connectivity index (χ1n) is 4.61. The quantitative estimate of drug-likeness (QED) is 0.599. The van der Waals surface area contributed by atoms with Crippen molar-refractivity contribution < 1.29 is 28.3 Å². The lowest BCUT2D eigenvalue weighted by Gasteiger charge is -2.08. The number of hydrogen-bond acceptors (Lipinski definition) is 6. The zero-order chi connectivity index (χ0) is 14.1. The maximum absolute atomic E-state index is 11.7.